The molecule has 0 aliphatic heterocycles. The summed E-state index contributed by atoms with van der Waals surface area (Å²) in [6.45, 7) is 0.262. The number of amides is 2. The van der Waals surface area contributed by atoms with Crippen LogP contribution in [0.5, 0.6) is 11.5 Å². The first-order valence-corrected chi connectivity index (χ1v) is 11.5. The zero-order valence-electron chi connectivity index (χ0n) is 19.5. The van der Waals surface area contributed by atoms with Gasteiger partial charge in [0.15, 0.2) is 23.3 Å². The van der Waals surface area contributed by atoms with Crippen LogP contribution in [0.25, 0.3) is 0 Å². The molecule has 0 radical (unpaired) electrons. The fourth-order valence-electron chi connectivity index (χ4n) is 4.40. The Bertz CT molecular complexity index is 1070. The molecule has 1 N–H and O–H groups in total. The normalized spacial score (nSPS) is 14.5. The lowest BCUT2D eigenvalue weighted by atomic mass is 10.1. The summed E-state index contributed by atoms with van der Waals surface area (Å²) in [4.78, 5) is 28.5. The zero-order valence-corrected chi connectivity index (χ0v) is 19.5. The highest BCUT2D eigenvalue weighted by Crippen LogP contribution is 2.30. The lowest BCUT2D eigenvalue weighted by molar-refractivity contribution is -0.127. The molecular formula is C26H30N2O6. The maximum absolute atomic E-state index is 13.5. The Labute approximate surface area is 198 Å². The molecule has 2 amide bonds. The number of nitrogens with one attached hydrogen (secondary N) is 1. The molecule has 1 atom stereocenters. The molecular weight excluding hydrogens is 436 g/mol. The number of carbonyl (C=O) groups excluding carboxylic acids is 2. The molecule has 2 aromatic heterocycles. The Hall–Kier alpha value is -3.68. The third-order valence-corrected chi connectivity index (χ3v) is 6.16. The standard InChI is InChI=1S/C26H30N2O6/c1-31-20-12-11-18(17-23(20)32-2)13-14-28(26(30)22-10-6-16-34-22)24(21-9-5-15-33-21)25(29)27-19-7-3-4-8-19/h5-6,9-12,15-17,19,24H,3-4,7-8,13-14H2,1-2H3,(H,27,29)/t24-/m0/s1. The first kappa shape index (κ1) is 23.5. The molecule has 34 heavy (non-hydrogen) atoms. The van der Waals surface area contributed by atoms with Crippen molar-refractivity contribution >= 4 is 11.8 Å². The van der Waals surface area contributed by atoms with Crippen LogP contribution in [0.15, 0.2) is 63.8 Å². The topological polar surface area (TPSA) is 94.2 Å². The molecule has 0 bridgehead atoms. The fourth-order valence-corrected chi connectivity index (χ4v) is 4.40. The molecule has 1 saturated carbocycles. The molecule has 3 aromatic rings. The van der Waals surface area contributed by atoms with E-state index in [0.29, 0.717) is 23.7 Å². The van der Waals surface area contributed by atoms with Gasteiger partial charge in [-0.05, 0) is 61.2 Å². The second kappa shape index (κ2) is 11.0. The summed E-state index contributed by atoms with van der Waals surface area (Å²) in [5.74, 6) is 1.16. The Morgan fingerprint density at radius 2 is 1.76 bits per heavy atom. The van der Waals surface area contributed by atoms with Gasteiger partial charge < -0.3 is 28.5 Å². The van der Waals surface area contributed by atoms with Crippen molar-refractivity contribution < 1.29 is 27.9 Å². The van der Waals surface area contributed by atoms with Crippen LogP contribution in [0, 0.1) is 0 Å². The average molecular weight is 467 g/mol. The van der Waals surface area contributed by atoms with Crippen LogP contribution in [0.2, 0.25) is 0 Å². The Kier molecular flexibility index (Phi) is 7.57. The highest BCUT2D eigenvalue weighted by atomic mass is 16.5. The van der Waals surface area contributed by atoms with Gasteiger partial charge in [0.1, 0.15) is 5.76 Å². The first-order chi connectivity index (χ1) is 16.6. The van der Waals surface area contributed by atoms with Crippen molar-refractivity contribution in [2.75, 3.05) is 20.8 Å². The average Bonchev–Trinajstić information content (AvgIpc) is 3.64. The van der Waals surface area contributed by atoms with Crippen LogP contribution < -0.4 is 14.8 Å². The summed E-state index contributed by atoms with van der Waals surface area (Å²) >= 11 is 0. The molecule has 8 nitrogen and oxygen atoms in total. The Balaban J connectivity index is 1.63. The van der Waals surface area contributed by atoms with Crippen LogP contribution in [0.1, 0.15) is 53.6 Å². The van der Waals surface area contributed by atoms with Gasteiger partial charge in [-0.25, -0.2) is 0 Å². The van der Waals surface area contributed by atoms with E-state index >= 15 is 0 Å². The number of furan rings is 2. The van der Waals surface area contributed by atoms with Crippen molar-refractivity contribution in [1.82, 2.24) is 10.2 Å². The van der Waals surface area contributed by atoms with Gasteiger partial charge in [-0.1, -0.05) is 18.9 Å². The maximum atomic E-state index is 13.5. The molecule has 0 spiro atoms. The molecule has 0 saturated heterocycles. The molecule has 1 fully saturated rings. The minimum atomic E-state index is -0.923. The summed E-state index contributed by atoms with van der Waals surface area (Å²) in [5, 5.41) is 3.12. The first-order valence-electron chi connectivity index (χ1n) is 11.5. The van der Waals surface area contributed by atoms with Crippen LogP contribution in [-0.4, -0.2) is 43.5 Å². The quantitative estimate of drug-likeness (QED) is 0.477. The molecule has 1 aromatic carbocycles. The number of nitrogens with zero attached hydrogens (tertiary/aromatic N) is 1. The SMILES string of the molecule is COc1ccc(CCN(C(=O)c2ccco2)[C@H](C(=O)NC2CCCC2)c2ccco2)cc1OC. The number of hydrogen-bond acceptors (Lipinski definition) is 6. The van der Waals surface area contributed by atoms with Crippen molar-refractivity contribution in [2.24, 2.45) is 0 Å². The summed E-state index contributed by atoms with van der Waals surface area (Å²) in [6, 6.07) is 11.5. The number of rotatable bonds is 10. The minimum Gasteiger partial charge on any atom is -0.493 e. The van der Waals surface area contributed by atoms with Crippen molar-refractivity contribution in [2.45, 2.75) is 44.2 Å². The van der Waals surface area contributed by atoms with E-state index in [-0.39, 0.29) is 30.2 Å². The number of carbonyl (C=O) groups is 2. The van der Waals surface area contributed by atoms with E-state index in [1.54, 1.807) is 38.5 Å². The van der Waals surface area contributed by atoms with E-state index in [1.807, 2.05) is 18.2 Å². The molecule has 8 heteroatoms. The Morgan fingerprint density at radius 1 is 1.03 bits per heavy atom. The van der Waals surface area contributed by atoms with Gasteiger partial charge in [0.05, 0.1) is 26.7 Å². The van der Waals surface area contributed by atoms with Gasteiger partial charge >= 0.3 is 0 Å². The van der Waals surface area contributed by atoms with Gasteiger partial charge in [-0.15, -0.1) is 0 Å². The van der Waals surface area contributed by atoms with Crippen molar-refractivity contribution in [3.63, 3.8) is 0 Å². The number of methoxy groups -OCH3 is 2. The van der Waals surface area contributed by atoms with Crippen LogP contribution >= 0.6 is 0 Å². The maximum Gasteiger partial charge on any atom is 0.290 e. The summed E-state index contributed by atoms with van der Waals surface area (Å²) in [6.07, 6.45) is 7.49. The Morgan fingerprint density at radius 3 is 2.41 bits per heavy atom. The lowest BCUT2D eigenvalue weighted by Gasteiger charge is -2.30. The number of benzene rings is 1. The van der Waals surface area contributed by atoms with Crippen LogP contribution in [0.4, 0.5) is 0 Å². The highest BCUT2D eigenvalue weighted by Gasteiger charge is 2.36. The van der Waals surface area contributed by atoms with Crippen LogP contribution in [0.3, 0.4) is 0 Å². The van der Waals surface area contributed by atoms with Gasteiger partial charge in [0.25, 0.3) is 11.8 Å². The minimum absolute atomic E-state index is 0.108. The molecule has 4 rings (SSSR count). The largest absolute Gasteiger partial charge is 0.493 e. The molecule has 2 heterocycles. The van der Waals surface area contributed by atoms with Crippen molar-refractivity contribution in [3.05, 3.63) is 72.1 Å². The smallest absolute Gasteiger partial charge is 0.290 e. The third-order valence-electron chi connectivity index (χ3n) is 6.16. The lowest BCUT2D eigenvalue weighted by Crippen LogP contribution is -2.46. The summed E-state index contributed by atoms with van der Waals surface area (Å²) < 4.78 is 21.7. The van der Waals surface area contributed by atoms with E-state index in [0.717, 1.165) is 31.2 Å². The molecule has 180 valence electrons. The van der Waals surface area contributed by atoms with E-state index in [2.05, 4.69) is 5.32 Å². The van der Waals surface area contributed by atoms with Gasteiger partial charge in [-0.2, -0.15) is 0 Å². The molecule has 1 aliphatic carbocycles. The van der Waals surface area contributed by atoms with Gasteiger partial charge in [0, 0.05) is 12.6 Å². The summed E-state index contributed by atoms with van der Waals surface area (Å²) in [5.41, 5.74) is 0.935. The highest BCUT2D eigenvalue weighted by molar-refractivity contribution is 5.95. The van der Waals surface area contributed by atoms with Crippen molar-refractivity contribution in [3.8, 4) is 11.5 Å². The zero-order chi connectivity index (χ0) is 23.9. The second-order valence-electron chi connectivity index (χ2n) is 8.32. The third kappa shape index (κ3) is 5.27. The number of ether oxygens (including phenoxy) is 2. The predicted molar refractivity (Wildman–Crippen MR) is 125 cm³/mol. The molecule has 1 aliphatic rings. The monoisotopic (exact) mass is 466 g/mol. The van der Waals surface area contributed by atoms with E-state index < -0.39 is 6.04 Å². The van der Waals surface area contributed by atoms with E-state index in [4.69, 9.17) is 18.3 Å². The molecule has 0 unspecified atom stereocenters. The second-order valence-corrected chi connectivity index (χ2v) is 8.32. The van der Waals surface area contributed by atoms with Gasteiger partial charge in [-0.3, -0.25) is 9.59 Å². The fraction of sp³-hybridized carbons (Fsp3) is 0.385. The summed E-state index contributed by atoms with van der Waals surface area (Å²) in [7, 11) is 3.16. The van der Waals surface area contributed by atoms with Crippen molar-refractivity contribution in [1.29, 1.82) is 0 Å². The number of hydrogen-bond donors (Lipinski definition) is 1. The predicted octanol–water partition coefficient (Wildman–Crippen LogP) is 4.37. The van der Waals surface area contributed by atoms with E-state index in [9.17, 15) is 9.59 Å². The van der Waals surface area contributed by atoms with Crippen LogP contribution in [-0.2, 0) is 11.2 Å². The van der Waals surface area contributed by atoms with E-state index in [1.165, 1.54) is 17.4 Å². The van der Waals surface area contributed by atoms with Gasteiger partial charge in [0.2, 0.25) is 0 Å².